The largest absolute Gasteiger partial charge is 0.479 e. The Kier molecular flexibility index (Phi) is 6.96. The molecule has 0 radical (unpaired) electrons. The average Bonchev–Trinajstić information content (AvgIpc) is 2.80. The van der Waals surface area contributed by atoms with Crippen molar-refractivity contribution in [3.05, 3.63) is 42.3 Å². The highest BCUT2D eigenvalue weighted by Gasteiger charge is 2.25. The second-order valence-corrected chi connectivity index (χ2v) is 7.71. The van der Waals surface area contributed by atoms with E-state index in [9.17, 15) is 13.2 Å². The zero-order valence-electron chi connectivity index (χ0n) is 18.7. The fraction of sp³-hybridized carbons (Fsp3) is 0.364. The van der Waals surface area contributed by atoms with Gasteiger partial charge >= 0.3 is 6.61 Å². The van der Waals surface area contributed by atoms with Crippen molar-refractivity contribution >= 4 is 17.6 Å². The quantitative estimate of drug-likeness (QED) is 0.542. The molecular formula is C22H23F3N6O3. The Balaban J connectivity index is 1.60. The van der Waals surface area contributed by atoms with Crippen LogP contribution in [0.3, 0.4) is 0 Å². The third-order valence-electron chi connectivity index (χ3n) is 5.02. The van der Waals surface area contributed by atoms with Crippen LogP contribution >= 0.6 is 0 Å². The number of ether oxygens (including phenoxy) is 3. The predicted octanol–water partition coefficient (Wildman–Crippen LogP) is 4.04. The highest BCUT2D eigenvalue weighted by Crippen LogP contribution is 2.32. The average molecular weight is 476 g/mol. The molecule has 3 aromatic rings. The monoisotopic (exact) mass is 476 g/mol. The molecule has 0 aliphatic carbocycles. The van der Waals surface area contributed by atoms with E-state index in [-0.39, 0.29) is 35.5 Å². The molecule has 180 valence electrons. The second kappa shape index (κ2) is 10.1. The summed E-state index contributed by atoms with van der Waals surface area (Å²) in [6, 6.07) is 7.54. The number of hydrogen-bond donors (Lipinski definition) is 1. The van der Waals surface area contributed by atoms with Gasteiger partial charge in [0.1, 0.15) is 5.75 Å². The Bertz CT molecular complexity index is 1130. The third kappa shape index (κ3) is 5.45. The van der Waals surface area contributed by atoms with Gasteiger partial charge in [-0.2, -0.15) is 13.8 Å². The van der Waals surface area contributed by atoms with Crippen LogP contribution in [0.25, 0.3) is 11.1 Å². The molecule has 1 aliphatic heterocycles. The lowest BCUT2D eigenvalue weighted by atomic mass is 10.1. The number of morpholine rings is 1. The molecule has 0 amide bonds. The van der Waals surface area contributed by atoms with E-state index >= 15 is 0 Å². The summed E-state index contributed by atoms with van der Waals surface area (Å²) in [5.74, 6) is 0.0560. The molecule has 12 heteroatoms. The number of benzene rings is 1. The molecule has 1 N–H and O–H groups in total. The first-order valence-corrected chi connectivity index (χ1v) is 10.5. The van der Waals surface area contributed by atoms with Crippen molar-refractivity contribution in [2.45, 2.75) is 32.7 Å². The van der Waals surface area contributed by atoms with Crippen molar-refractivity contribution in [3.63, 3.8) is 0 Å². The predicted molar refractivity (Wildman–Crippen MR) is 118 cm³/mol. The van der Waals surface area contributed by atoms with Crippen LogP contribution in [0.1, 0.15) is 13.8 Å². The molecule has 9 nitrogen and oxygen atoms in total. The van der Waals surface area contributed by atoms with E-state index in [2.05, 4.69) is 30.2 Å². The molecule has 0 unspecified atom stereocenters. The van der Waals surface area contributed by atoms with E-state index in [1.165, 1.54) is 19.2 Å². The number of hydrogen-bond acceptors (Lipinski definition) is 9. The summed E-state index contributed by atoms with van der Waals surface area (Å²) in [6.07, 6.45) is 1.07. The number of nitrogens with one attached hydrogen (secondary N) is 1. The van der Waals surface area contributed by atoms with E-state index < -0.39 is 12.4 Å². The maximum atomic E-state index is 14.5. The molecule has 2 atom stereocenters. The molecule has 0 bridgehead atoms. The van der Waals surface area contributed by atoms with Gasteiger partial charge in [0.2, 0.25) is 11.8 Å². The van der Waals surface area contributed by atoms with Gasteiger partial charge in [-0.05, 0) is 37.6 Å². The second-order valence-electron chi connectivity index (χ2n) is 7.71. The van der Waals surface area contributed by atoms with Gasteiger partial charge in [0.25, 0.3) is 0 Å². The van der Waals surface area contributed by atoms with Gasteiger partial charge in [-0.1, -0.05) is 12.1 Å². The molecule has 2 aromatic heterocycles. The van der Waals surface area contributed by atoms with Crippen molar-refractivity contribution in [2.24, 2.45) is 0 Å². The van der Waals surface area contributed by atoms with Crippen LogP contribution in [0.4, 0.5) is 30.8 Å². The summed E-state index contributed by atoms with van der Waals surface area (Å²) in [5.41, 5.74) is 1.12. The number of methoxy groups -OCH3 is 1. The molecule has 4 rings (SSSR count). The van der Waals surface area contributed by atoms with Gasteiger partial charge < -0.3 is 24.4 Å². The van der Waals surface area contributed by atoms with Crippen LogP contribution in [0.15, 0.2) is 36.5 Å². The van der Waals surface area contributed by atoms with Crippen molar-refractivity contribution in [1.29, 1.82) is 0 Å². The lowest BCUT2D eigenvalue weighted by molar-refractivity contribution is -0.0498. The lowest BCUT2D eigenvalue weighted by Crippen LogP contribution is -2.46. The lowest BCUT2D eigenvalue weighted by Gasteiger charge is -2.35. The fourth-order valence-electron chi connectivity index (χ4n) is 3.68. The number of halogens is 3. The standard InChI is InChI=1S/C22H23F3N6O3/c1-12-10-31(11-13(2)33-12)22-26-9-17(23)19(28-22)27-18-8-16(20(32-3)30-29-18)14-4-6-15(7-5-14)34-21(24)25/h4-9,12-13,21H,10-11H2,1-3H3,(H,26,27,28,29)/t12-,13+. The van der Waals surface area contributed by atoms with Crippen molar-refractivity contribution in [3.8, 4) is 22.8 Å². The zero-order chi connectivity index (χ0) is 24.2. The molecule has 1 fully saturated rings. The summed E-state index contributed by atoms with van der Waals surface area (Å²) in [4.78, 5) is 10.4. The van der Waals surface area contributed by atoms with E-state index in [1.54, 1.807) is 18.2 Å². The summed E-state index contributed by atoms with van der Waals surface area (Å²) >= 11 is 0. The molecule has 1 aliphatic rings. The molecule has 0 saturated carbocycles. The zero-order valence-corrected chi connectivity index (χ0v) is 18.7. The van der Waals surface area contributed by atoms with Gasteiger partial charge in [-0.25, -0.2) is 9.37 Å². The van der Waals surface area contributed by atoms with E-state index in [4.69, 9.17) is 9.47 Å². The summed E-state index contributed by atoms with van der Waals surface area (Å²) in [7, 11) is 1.43. The Hall–Kier alpha value is -3.67. The normalized spacial score (nSPS) is 18.1. The van der Waals surface area contributed by atoms with Gasteiger partial charge in [0.05, 0.1) is 25.5 Å². The first kappa shape index (κ1) is 23.5. The van der Waals surface area contributed by atoms with Crippen molar-refractivity contribution in [2.75, 3.05) is 30.4 Å². The Labute approximate surface area is 193 Å². The van der Waals surface area contributed by atoms with Gasteiger partial charge in [0.15, 0.2) is 17.5 Å². The minimum atomic E-state index is -2.92. The summed E-state index contributed by atoms with van der Waals surface area (Å²) < 4.78 is 54.7. The summed E-state index contributed by atoms with van der Waals surface area (Å²) in [6.45, 7) is 2.13. The molecule has 1 aromatic carbocycles. The van der Waals surface area contributed by atoms with Gasteiger partial charge in [-0.3, -0.25) is 0 Å². The maximum absolute atomic E-state index is 14.5. The molecule has 3 heterocycles. The van der Waals surface area contributed by atoms with E-state index in [0.29, 0.717) is 30.2 Å². The molecular weight excluding hydrogens is 453 g/mol. The highest BCUT2D eigenvalue weighted by atomic mass is 19.3. The van der Waals surface area contributed by atoms with Crippen LogP contribution < -0.4 is 19.7 Å². The molecule has 0 spiro atoms. The number of anilines is 3. The number of rotatable bonds is 7. The Morgan fingerprint density at radius 2 is 1.82 bits per heavy atom. The van der Waals surface area contributed by atoms with Crippen LogP contribution in [-0.4, -0.2) is 59.2 Å². The number of nitrogens with zero attached hydrogens (tertiary/aromatic N) is 5. The first-order chi connectivity index (χ1) is 16.3. The molecule has 1 saturated heterocycles. The highest BCUT2D eigenvalue weighted by molar-refractivity contribution is 5.72. The first-order valence-electron chi connectivity index (χ1n) is 10.5. The van der Waals surface area contributed by atoms with E-state index in [0.717, 1.165) is 6.20 Å². The fourth-order valence-corrected chi connectivity index (χ4v) is 3.68. The minimum Gasteiger partial charge on any atom is -0.479 e. The third-order valence-corrected chi connectivity index (χ3v) is 5.02. The maximum Gasteiger partial charge on any atom is 0.387 e. The van der Waals surface area contributed by atoms with Crippen LogP contribution in [0.5, 0.6) is 11.6 Å². The number of alkyl halides is 2. The summed E-state index contributed by atoms with van der Waals surface area (Å²) in [5, 5.41) is 10.9. The van der Waals surface area contributed by atoms with Crippen LogP contribution in [-0.2, 0) is 4.74 Å². The smallest absolute Gasteiger partial charge is 0.387 e. The minimum absolute atomic E-state index is 0.0127. The van der Waals surface area contributed by atoms with Crippen LogP contribution in [0, 0.1) is 5.82 Å². The van der Waals surface area contributed by atoms with Gasteiger partial charge in [0, 0.05) is 18.7 Å². The van der Waals surface area contributed by atoms with E-state index in [1.807, 2.05) is 18.7 Å². The topological polar surface area (TPSA) is 94.5 Å². The number of aromatic nitrogens is 4. The van der Waals surface area contributed by atoms with Gasteiger partial charge in [-0.15, -0.1) is 10.2 Å². The molecule has 34 heavy (non-hydrogen) atoms. The Morgan fingerprint density at radius 3 is 2.47 bits per heavy atom. The Morgan fingerprint density at radius 1 is 1.12 bits per heavy atom. The van der Waals surface area contributed by atoms with Crippen molar-refractivity contribution < 1.29 is 27.4 Å². The van der Waals surface area contributed by atoms with Crippen LogP contribution in [0.2, 0.25) is 0 Å². The van der Waals surface area contributed by atoms with Crippen molar-refractivity contribution in [1.82, 2.24) is 20.2 Å². The SMILES string of the molecule is COc1nnc(Nc2nc(N3C[C@@H](C)O[C@@H](C)C3)ncc2F)cc1-c1ccc(OC(F)F)cc1.